The number of carboxylic acid groups (broad SMARTS) is 1. The second kappa shape index (κ2) is 6.74. The molecular formula is C17H23NO3. The number of carbonyl (C=O) groups excluding carboxylic acids is 1. The Kier molecular flexibility index (Phi) is 4.99. The summed E-state index contributed by atoms with van der Waals surface area (Å²) < 4.78 is 0. The third kappa shape index (κ3) is 4.31. The van der Waals surface area contributed by atoms with Gasteiger partial charge in [-0.3, -0.25) is 9.59 Å². The Morgan fingerprint density at radius 3 is 2.57 bits per heavy atom. The van der Waals surface area contributed by atoms with E-state index in [1.165, 1.54) is 11.1 Å². The number of nitrogens with zero attached hydrogens (tertiary/aromatic N) is 1. The van der Waals surface area contributed by atoms with E-state index < -0.39 is 11.9 Å². The zero-order valence-electron chi connectivity index (χ0n) is 12.7. The van der Waals surface area contributed by atoms with E-state index in [-0.39, 0.29) is 11.9 Å². The van der Waals surface area contributed by atoms with E-state index in [0.29, 0.717) is 13.0 Å². The van der Waals surface area contributed by atoms with Crippen LogP contribution in [0, 0.1) is 12.8 Å². The maximum absolute atomic E-state index is 12.4. The third-order valence-corrected chi connectivity index (χ3v) is 4.07. The molecule has 4 nitrogen and oxygen atoms in total. The van der Waals surface area contributed by atoms with Gasteiger partial charge in [0.25, 0.3) is 0 Å². The lowest BCUT2D eigenvalue weighted by Gasteiger charge is -2.24. The third-order valence-electron chi connectivity index (χ3n) is 4.07. The van der Waals surface area contributed by atoms with Crippen molar-refractivity contribution in [3.8, 4) is 0 Å². The average Bonchev–Trinajstić information content (AvgIpc) is 3.27. The first-order valence-corrected chi connectivity index (χ1v) is 7.56. The first kappa shape index (κ1) is 15.5. The zero-order chi connectivity index (χ0) is 15.4. The van der Waals surface area contributed by atoms with Gasteiger partial charge in [-0.25, -0.2) is 0 Å². The summed E-state index contributed by atoms with van der Waals surface area (Å²) in [7, 11) is 0. The SMILES string of the molecule is Cc1ccccc1CCC(=O)N(CC(C)C(=O)O)C1CC1. The summed E-state index contributed by atoms with van der Waals surface area (Å²) >= 11 is 0. The lowest BCUT2D eigenvalue weighted by atomic mass is 10.0. The monoisotopic (exact) mass is 289 g/mol. The quantitative estimate of drug-likeness (QED) is 0.839. The van der Waals surface area contributed by atoms with Crippen molar-refractivity contribution in [2.24, 2.45) is 5.92 Å². The second-order valence-corrected chi connectivity index (χ2v) is 5.94. The fourth-order valence-corrected chi connectivity index (χ4v) is 2.49. The molecule has 0 spiro atoms. The number of aryl methyl sites for hydroxylation is 2. The standard InChI is InChI=1S/C17H23NO3/c1-12-5-3-4-6-14(12)7-10-16(19)18(15-8-9-15)11-13(2)17(20)21/h3-6,13,15H,7-11H2,1-2H3,(H,20,21). The molecule has 1 atom stereocenters. The molecule has 1 unspecified atom stereocenters. The maximum atomic E-state index is 12.4. The van der Waals surface area contributed by atoms with Gasteiger partial charge in [0.1, 0.15) is 0 Å². The Hall–Kier alpha value is -1.84. The van der Waals surface area contributed by atoms with Gasteiger partial charge < -0.3 is 10.0 Å². The van der Waals surface area contributed by atoms with Crippen LogP contribution in [0.25, 0.3) is 0 Å². The van der Waals surface area contributed by atoms with Crippen molar-refractivity contribution < 1.29 is 14.7 Å². The molecule has 4 heteroatoms. The van der Waals surface area contributed by atoms with Crippen LogP contribution < -0.4 is 0 Å². The normalized spacial score (nSPS) is 15.5. The summed E-state index contributed by atoms with van der Waals surface area (Å²) in [6.07, 6.45) is 3.18. The van der Waals surface area contributed by atoms with Gasteiger partial charge in [-0.05, 0) is 37.3 Å². The molecule has 0 bridgehead atoms. The molecule has 2 rings (SSSR count). The number of rotatable bonds is 7. The highest BCUT2D eigenvalue weighted by molar-refractivity contribution is 5.78. The van der Waals surface area contributed by atoms with Crippen LogP contribution in [0.2, 0.25) is 0 Å². The highest BCUT2D eigenvalue weighted by atomic mass is 16.4. The Morgan fingerprint density at radius 1 is 1.33 bits per heavy atom. The Labute approximate surface area is 125 Å². The number of carboxylic acids is 1. The van der Waals surface area contributed by atoms with Crippen LogP contribution in [0.4, 0.5) is 0 Å². The van der Waals surface area contributed by atoms with Crippen LogP contribution in [0.1, 0.15) is 37.3 Å². The van der Waals surface area contributed by atoms with Gasteiger partial charge in [-0.2, -0.15) is 0 Å². The van der Waals surface area contributed by atoms with Gasteiger partial charge >= 0.3 is 5.97 Å². The topological polar surface area (TPSA) is 57.6 Å². The van der Waals surface area contributed by atoms with Crippen LogP contribution >= 0.6 is 0 Å². The van der Waals surface area contributed by atoms with Crippen LogP contribution in [0.15, 0.2) is 24.3 Å². The fourth-order valence-electron chi connectivity index (χ4n) is 2.49. The predicted molar refractivity (Wildman–Crippen MR) is 81.0 cm³/mol. The zero-order valence-corrected chi connectivity index (χ0v) is 12.7. The number of hydrogen-bond acceptors (Lipinski definition) is 2. The minimum absolute atomic E-state index is 0.0776. The van der Waals surface area contributed by atoms with Crippen molar-refractivity contribution in [3.05, 3.63) is 35.4 Å². The van der Waals surface area contributed by atoms with E-state index in [0.717, 1.165) is 19.3 Å². The number of benzene rings is 1. The number of hydrogen-bond donors (Lipinski definition) is 1. The van der Waals surface area contributed by atoms with Crippen molar-refractivity contribution in [1.29, 1.82) is 0 Å². The largest absolute Gasteiger partial charge is 0.481 e. The van der Waals surface area contributed by atoms with Crippen LogP contribution in [-0.2, 0) is 16.0 Å². The van der Waals surface area contributed by atoms with Gasteiger partial charge in [0, 0.05) is 19.0 Å². The van der Waals surface area contributed by atoms with Crippen molar-refractivity contribution in [2.45, 2.75) is 45.6 Å². The summed E-state index contributed by atoms with van der Waals surface area (Å²) in [5, 5.41) is 9.02. The molecule has 1 amide bonds. The van der Waals surface area contributed by atoms with Crippen LogP contribution in [0.5, 0.6) is 0 Å². The summed E-state index contributed by atoms with van der Waals surface area (Å²) in [6, 6.07) is 8.33. The van der Waals surface area contributed by atoms with E-state index >= 15 is 0 Å². The summed E-state index contributed by atoms with van der Waals surface area (Å²) in [4.78, 5) is 25.2. The number of amides is 1. The molecule has 1 aliphatic rings. The smallest absolute Gasteiger partial charge is 0.308 e. The molecule has 0 aliphatic heterocycles. The highest BCUT2D eigenvalue weighted by Gasteiger charge is 2.34. The van der Waals surface area contributed by atoms with Gasteiger partial charge in [0.2, 0.25) is 5.91 Å². The van der Waals surface area contributed by atoms with Gasteiger partial charge in [-0.15, -0.1) is 0 Å². The minimum Gasteiger partial charge on any atom is -0.481 e. The molecule has 21 heavy (non-hydrogen) atoms. The average molecular weight is 289 g/mol. The molecule has 1 aliphatic carbocycles. The van der Waals surface area contributed by atoms with Gasteiger partial charge in [0.15, 0.2) is 0 Å². The Balaban J connectivity index is 1.93. The molecular weight excluding hydrogens is 266 g/mol. The fraction of sp³-hybridized carbons (Fsp3) is 0.529. The lowest BCUT2D eigenvalue weighted by Crippen LogP contribution is -2.38. The molecule has 1 saturated carbocycles. The van der Waals surface area contributed by atoms with Crippen LogP contribution in [0.3, 0.4) is 0 Å². The second-order valence-electron chi connectivity index (χ2n) is 5.94. The summed E-state index contributed by atoms with van der Waals surface area (Å²) in [5.41, 5.74) is 2.38. The van der Waals surface area contributed by atoms with Gasteiger partial charge in [0.05, 0.1) is 5.92 Å². The molecule has 0 saturated heterocycles. The molecule has 0 heterocycles. The highest BCUT2D eigenvalue weighted by Crippen LogP contribution is 2.28. The van der Waals surface area contributed by atoms with E-state index in [1.54, 1.807) is 11.8 Å². The van der Waals surface area contributed by atoms with Crippen molar-refractivity contribution in [3.63, 3.8) is 0 Å². The molecule has 1 aromatic rings. The summed E-state index contributed by atoms with van der Waals surface area (Å²) in [6.45, 7) is 4.03. The molecule has 1 N–H and O–H groups in total. The molecule has 1 aromatic carbocycles. The summed E-state index contributed by atoms with van der Waals surface area (Å²) in [5.74, 6) is -1.27. The van der Waals surface area contributed by atoms with Gasteiger partial charge in [-0.1, -0.05) is 31.2 Å². The van der Waals surface area contributed by atoms with E-state index in [1.807, 2.05) is 31.2 Å². The first-order chi connectivity index (χ1) is 9.99. The Morgan fingerprint density at radius 2 is 2.00 bits per heavy atom. The number of aliphatic carboxylic acids is 1. The van der Waals surface area contributed by atoms with Crippen molar-refractivity contribution in [1.82, 2.24) is 4.90 Å². The lowest BCUT2D eigenvalue weighted by molar-refractivity contribution is -0.143. The molecule has 0 aromatic heterocycles. The number of carbonyl (C=O) groups is 2. The minimum atomic E-state index is -0.840. The van der Waals surface area contributed by atoms with E-state index in [9.17, 15) is 9.59 Å². The maximum Gasteiger partial charge on any atom is 0.308 e. The Bertz CT molecular complexity index is 523. The molecule has 114 valence electrons. The van der Waals surface area contributed by atoms with Crippen molar-refractivity contribution in [2.75, 3.05) is 6.54 Å². The van der Waals surface area contributed by atoms with E-state index in [4.69, 9.17) is 5.11 Å². The predicted octanol–water partition coefficient (Wildman–Crippen LogP) is 2.64. The molecule has 0 radical (unpaired) electrons. The first-order valence-electron chi connectivity index (χ1n) is 7.56. The van der Waals surface area contributed by atoms with E-state index in [2.05, 4.69) is 0 Å². The molecule has 1 fully saturated rings. The van der Waals surface area contributed by atoms with Crippen molar-refractivity contribution >= 4 is 11.9 Å². The van der Waals surface area contributed by atoms with Crippen LogP contribution in [-0.4, -0.2) is 34.5 Å².